The highest BCUT2D eigenvalue weighted by Gasteiger charge is 2.26. The molecule has 3 aromatic rings. The molecular weight excluding hydrogens is 352 g/mol. The molecule has 0 spiro atoms. The standard InChI is InChI=1S/C22H26N4O2/c1-14(2)26-21-19(12-23-26)18(22(27)25-9-10-28-16(4)13-25)11-20(24-21)17-8-6-5-7-15(17)3/h5-8,11-12,14,16H,9-10,13H2,1-4H3/t16-/m0/s1. The Kier molecular flexibility index (Phi) is 4.89. The van der Waals surface area contributed by atoms with Gasteiger partial charge in [-0.2, -0.15) is 5.10 Å². The summed E-state index contributed by atoms with van der Waals surface area (Å²) < 4.78 is 7.49. The second-order valence-electron chi connectivity index (χ2n) is 7.72. The molecule has 0 aliphatic carbocycles. The number of rotatable bonds is 3. The number of nitrogens with zero attached hydrogens (tertiary/aromatic N) is 4. The van der Waals surface area contributed by atoms with Crippen molar-refractivity contribution < 1.29 is 9.53 Å². The van der Waals surface area contributed by atoms with Crippen LogP contribution in [0.15, 0.2) is 36.5 Å². The summed E-state index contributed by atoms with van der Waals surface area (Å²) in [6, 6.07) is 10.2. The van der Waals surface area contributed by atoms with E-state index in [-0.39, 0.29) is 18.1 Å². The van der Waals surface area contributed by atoms with Gasteiger partial charge in [-0.15, -0.1) is 0 Å². The van der Waals surface area contributed by atoms with E-state index in [1.54, 1.807) is 6.20 Å². The topological polar surface area (TPSA) is 60.3 Å². The van der Waals surface area contributed by atoms with Crippen LogP contribution in [0.3, 0.4) is 0 Å². The van der Waals surface area contributed by atoms with Gasteiger partial charge >= 0.3 is 0 Å². The Hall–Kier alpha value is -2.73. The van der Waals surface area contributed by atoms with Crippen LogP contribution in [0.1, 0.15) is 42.7 Å². The molecule has 3 heterocycles. The number of pyridine rings is 1. The third-order valence-electron chi connectivity index (χ3n) is 5.24. The number of morpholine rings is 1. The molecule has 0 N–H and O–H groups in total. The molecule has 6 heteroatoms. The van der Waals surface area contributed by atoms with Gasteiger partial charge < -0.3 is 9.64 Å². The maximum atomic E-state index is 13.4. The average Bonchev–Trinajstić information content (AvgIpc) is 3.11. The number of hydrogen-bond acceptors (Lipinski definition) is 4. The molecule has 28 heavy (non-hydrogen) atoms. The molecule has 4 rings (SSSR count). The smallest absolute Gasteiger partial charge is 0.254 e. The van der Waals surface area contributed by atoms with Gasteiger partial charge in [0.15, 0.2) is 5.65 Å². The predicted molar refractivity (Wildman–Crippen MR) is 109 cm³/mol. The highest BCUT2D eigenvalue weighted by atomic mass is 16.5. The summed E-state index contributed by atoms with van der Waals surface area (Å²) in [5.41, 5.74) is 4.37. The van der Waals surface area contributed by atoms with E-state index in [4.69, 9.17) is 9.72 Å². The summed E-state index contributed by atoms with van der Waals surface area (Å²) in [7, 11) is 0. The minimum absolute atomic E-state index is 0.0145. The Morgan fingerprint density at radius 2 is 2.07 bits per heavy atom. The number of carbonyl (C=O) groups is 1. The molecule has 1 fully saturated rings. The van der Waals surface area contributed by atoms with Crippen LogP contribution in [-0.2, 0) is 4.74 Å². The molecular formula is C22H26N4O2. The minimum Gasteiger partial charge on any atom is -0.375 e. The van der Waals surface area contributed by atoms with Crippen LogP contribution >= 0.6 is 0 Å². The Labute approximate surface area is 165 Å². The van der Waals surface area contributed by atoms with Gasteiger partial charge in [0.1, 0.15) is 0 Å². The van der Waals surface area contributed by atoms with Gasteiger partial charge in [-0.25, -0.2) is 9.67 Å². The van der Waals surface area contributed by atoms with Crippen molar-refractivity contribution in [3.05, 3.63) is 47.7 Å². The molecule has 0 bridgehead atoms. The van der Waals surface area contributed by atoms with Crippen molar-refractivity contribution in [3.63, 3.8) is 0 Å². The van der Waals surface area contributed by atoms with Crippen LogP contribution in [0.5, 0.6) is 0 Å². The number of benzene rings is 1. The fourth-order valence-corrected chi connectivity index (χ4v) is 3.74. The van der Waals surface area contributed by atoms with Crippen LogP contribution < -0.4 is 0 Å². The summed E-state index contributed by atoms with van der Waals surface area (Å²) >= 11 is 0. The number of aromatic nitrogens is 3. The first kappa shape index (κ1) is 18.6. The Morgan fingerprint density at radius 3 is 2.79 bits per heavy atom. The largest absolute Gasteiger partial charge is 0.375 e. The molecule has 0 unspecified atom stereocenters. The monoisotopic (exact) mass is 378 g/mol. The fraction of sp³-hybridized carbons (Fsp3) is 0.409. The number of ether oxygens (including phenoxy) is 1. The third-order valence-corrected chi connectivity index (χ3v) is 5.24. The molecule has 2 aromatic heterocycles. The van der Waals surface area contributed by atoms with Crippen molar-refractivity contribution in [1.82, 2.24) is 19.7 Å². The molecule has 1 amide bonds. The lowest BCUT2D eigenvalue weighted by Gasteiger charge is -2.31. The average molecular weight is 378 g/mol. The van der Waals surface area contributed by atoms with E-state index >= 15 is 0 Å². The van der Waals surface area contributed by atoms with Crippen LogP contribution in [-0.4, -0.2) is 51.4 Å². The number of carbonyl (C=O) groups excluding carboxylic acids is 1. The Balaban J connectivity index is 1.89. The van der Waals surface area contributed by atoms with Crippen molar-refractivity contribution in [3.8, 4) is 11.3 Å². The van der Waals surface area contributed by atoms with Crippen molar-refractivity contribution in [2.24, 2.45) is 0 Å². The lowest BCUT2D eigenvalue weighted by atomic mass is 10.0. The Bertz CT molecular complexity index is 1020. The number of fused-ring (bicyclic) bond motifs is 1. The van der Waals surface area contributed by atoms with Gasteiger partial charge in [-0.05, 0) is 39.3 Å². The van der Waals surface area contributed by atoms with Gasteiger partial charge in [-0.3, -0.25) is 4.79 Å². The van der Waals surface area contributed by atoms with Crippen LogP contribution in [0.2, 0.25) is 0 Å². The quantitative estimate of drug-likeness (QED) is 0.695. The zero-order chi connectivity index (χ0) is 19.8. The molecule has 1 aliphatic heterocycles. The third kappa shape index (κ3) is 3.29. The van der Waals surface area contributed by atoms with E-state index < -0.39 is 0 Å². The van der Waals surface area contributed by atoms with Crippen LogP contribution in [0.25, 0.3) is 22.3 Å². The molecule has 1 aliphatic rings. The maximum absolute atomic E-state index is 13.4. The van der Waals surface area contributed by atoms with Crippen molar-refractivity contribution in [2.45, 2.75) is 39.8 Å². The van der Waals surface area contributed by atoms with E-state index in [0.717, 1.165) is 27.9 Å². The summed E-state index contributed by atoms with van der Waals surface area (Å²) in [5.74, 6) is 0.0145. The highest BCUT2D eigenvalue weighted by molar-refractivity contribution is 6.06. The van der Waals surface area contributed by atoms with Crippen molar-refractivity contribution in [1.29, 1.82) is 0 Å². The molecule has 0 radical (unpaired) electrons. The molecule has 146 valence electrons. The first-order valence-electron chi connectivity index (χ1n) is 9.81. The van der Waals surface area contributed by atoms with Crippen LogP contribution in [0, 0.1) is 6.92 Å². The summed E-state index contributed by atoms with van der Waals surface area (Å²) in [6.07, 6.45) is 1.81. The molecule has 6 nitrogen and oxygen atoms in total. The van der Waals surface area contributed by atoms with Gasteiger partial charge in [0.25, 0.3) is 5.91 Å². The lowest BCUT2D eigenvalue weighted by molar-refractivity contribution is -0.0123. The van der Waals surface area contributed by atoms with Crippen molar-refractivity contribution >= 4 is 16.9 Å². The Morgan fingerprint density at radius 1 is 1.29 bits per heavy atom. The summed E-state index contributed by atoms with van der Waals surface area (Å²) in [5, 5.41) is 5.31. The first-order valence-corrected chi connectivity index (χ1v) is 9.81. The van der Waals surface area contributed by atoms with Gasteiger partial charge in [-0.1, -0.05) is 24.3 Å². The first-order chi connectivity index (χ1) is 13.5. The van der Waals surface area contributed by atoms with Gasteiger partial charge in [0.05, 0.1) is 35.6 Å². The highest BCUT2D eigenvalue weighted by Crippen LogP contribution is 2.29. The normalized spacial score (nSPS) is 17.5. The zero-order valence-corrected chi connectivity index (χ0v) is 16.8. The maximum Gasteiger partial charge on any atom is 0.254 e. The molecule has 0 saturated carbocycles. The molecule has 1 aromatic carbocycles. The SMILES string of the molecule is Cc1ccccc1-c1cc(C(=O)N2CCO[C@@H](C)C2)c2cnn(C(C)C)c2n1. The van der Waals surface area contributed by atoms with Gasteiger partial charge in [0.2, 0.25) is 0 Å². The summed E-state index contributed by atoms with van der Waals surface area (Å²) in [4.78, 5) is 20.2. The van der Waals surface area contributed by atoms with Gasteiger partial charge in [0, 0.05) is 24.7 Å². The van der Waals surface area contributed by atoms with E-state index in [0.29, 0.717) is 25.3 Å². The minimum atomic E-state index is 0.0145. The van der Waals surface area contributed by atoms with Crippen LogP contribution in [0.4, 0.5) is 0 Å². The van der Waals surface area contributed by atoms with E-state index in [2.05, 4.69) is 31.9 Å². The zero-order valence-electron chi connectivity index (χ0n) is 16.8. The second kappa shape index (κ2) is 7.36. The van der Waals surface area contributed by atoms with E-state index in [1.807, 2.05) is 40.8 Å². The van der Waals surface area contributed by atoms with Crippen molar-refractivity contribution in [2.75, 3.05) is 19.7 Å². The molecule has 1 saturated heterocycles. The second-order valence-corrected chi connectivity index (χ2v) is 7.72. The van der Waals surface area contributed by atoms with E-state index in [1.165, 1.54) is 0 Å². The lowest BCUT2D eigenvalue weighted by Crippen LogP contribution is -2.44. The fourth-order valence-electron chi connectivity index (χ4n) is 3.74. The number of aryl methyl sites for hydroxylation is 1. The molecule has 1 atom stereocenters. The predicted octanol–water partition coefficient (Wildman–Crippen LogP) is 3.85. The summed E-state index contributed by atoms with van der Waals surface area (Å²) in [6.45, 7) is 9.96. The van der Waals surface area contributed by atoms with E-state index in [9.17, 15) is 4.79 Å². The number of amides is 1. The number of hydrogen-bond donors (Lipinski definition) is 0.